The Morgan fingerprint density at radius 1 is 0.963 bits per heavy atom. The smallest absolute Gasteiger partial charge is 0.282 e. The number of hydrogen-bond acceptors (Lipinski definition) is 6. The summed E-state index contributed by atoms with van der Waals surface area (Å²) in [7, 11) is -3.86. The monoisotopic (exact) mass is 399 g/mol. The van der Waals surface area contributed by atoms with Gasteiger partial charge in [-0.25, -0.2) is 9.97 Å². The second kappa shape index (κ2) is 7.58. The van der Waals surface area contributed by atoms with Gasteiger partial charge in [0.15, 0.2) is 10.9 Å². The number of nitrogens with zero attached hydrogens (tertiary/aromatic N) is 3. The summed E-state index contributed by atoms with van der Waals surface area (Å²) in [4.78, 5) is 21.2. The highest BCUT2D eigenvalue weighted by Crippen LogP contribution is 2.27. The predicted octanol–water partition coefficient (Wildman–Crippen LogP) is 3.35. The number of aryl methyl sites for hydroxylation is 3. The van der Waals surface area contributed by atoms with E-state index in [1.54, 1.807) is 12.1 Å². The van der Waals surface area contributed by atoms with E-state index in [0.29, 0.717) is 10.1 Å². The Kier molecular flexibility index (Phi) is 5.38. The van der Waals surface area contributed by atoms with Crippen LogP contribution >= 0.6 is 11.8 Å². The molecule has 27 heavy (non-hydrogen) atoms. The van der Waals surface area contributed by atoms with Crippen LogP contribution < -0.4 is 0 Å². The van der Waals surface area contributed by atoms with Crippen molar-refractivity contribution < 1.29 is 13.2 Å². The van der Waals surface area contributed by atoms with E-state index in [1.807, 2.05) is 26.8 Å². The summed E-state index contributed by atoms with van der Waals surface area (Å²) >= 11 is 1.09. The molecule has 0 atom stereocenters. The maximum atomic E-state index is 12.5. The van der Waals surface area contributed by atoms with Gasteiger partial charge in [-0.15, -0.1) is 0 Å². The Bertz CT molecular complexity index is 1080. The van der Waals surface area contributed by atoms with E-state index in [2.05, 4.69) is 14.4 Å². The highest BCUT2D eigenvalue weighted by atomic mass is 32.2. The number of rotatable bonds is 4. The molecular weight excluding hydrogens is 382 g/mol. The molecule has 1 heterocycles. The number of aromatic nitrogens is 2. The van der Waals surface area contributed by atoms with Crippen LogP contribution in [0.2, 0.25) is 0 Å². The first-order valence-corrected chi connectivity index (χ1v) is 10.3. The number of carbonyl (C=O) groups excluding carboxylic acids is 1. The molecule has 0 aliphatic heterocycles. The molecule has 0 unspecified atom stereocenters. The lowest BCUT2D eigenvalue weighted by atomic mass is 10.2. The summed E-state index contributed by atoms with van der Waals surface area (Å²) in [5.41, 5.74) is 2.72. The Morgan fingerprint density at radius 3 is 2.22 bits per heavy atom. The minimum Gasteiger partial charge on any atom is -0.289 e. The van der Waals surface area contributed by atoms with Crippen molar-refractivity contribution in [1.29, 1.82) is 0 Å². The summed E-state index contributed by atoms with van der Waals surface area (Å²) in [5.74, 6) is -0.241. The van der Waals surface area contributed by atoms with E-state index in [9.17, 15) is 13.2 Å². The molecule has 1 aliphatic rings. The molecule has 6 nitrogen and oxygen atoms in total. The van der Waals surface area contributed by atoms with Gasteiger partial charge < -0.3 is 0 Å². The van der Waals surface area contributed by atoms with Gasteiger partial charge in [-0.05, 0) is 69.0 Å². The van der Waals surface area contributed by atoms with Crippen molar-refractivity contribution in [3.8, 4) is 0 Å². The van der Waals surface area contributed by atoms with Gasteiger partial charge in [0.05, 0.1) is 15.5 Å². The van der Waals surface area contributed by atoms with Gasteiger partial charge in [0.1, 0.15) is 0 Å². The number of allylic oxidation sites excluding steroid dienone is 4. The number of hydrogen-bond donors (Lipinski definition) is 0. The molecule has 3 rings (SSSR count). The van der Waals surface area contributed by atoms with Crippen molar-refractivity contribution in [3.63, 3.8) is 0 Å². The average molecular weight is 399 g/mol. The molecule has 1 aliphatic carbocycles. The lowest BCUT2D eigenvalue weighted by Crippen LogP contribution is -2.09. The maximum absolute atomic E-state index is 12.5. The zero-order valence-corrected chi connectivity index (χ0v) is 16.6. The lowest BCUT2D eigenvalue weighted by molar-refractivity contribution is -0.110. The number of thioether (sulfide) groups is 1. The second-order valence-electron chi connectivity index (χ2n) is 6.05. The van der Waals surface area contributed by atoms with E-state index in [0.717, 1.165) is 28.7 Å². The van der Waals surface area contributed by atoms with Gasteiger partial charge in [0.2, 0.25) is 0 Å². The number of carbonyl (C=O) groups is 1. The normalized spacial score (nSPS) is 15.9. The second-order valence-corrected chi connectivity index (χ2v) is 8.66. The first-order chi connectivity index (χ1) is 12.7. The minimum atomic E-state index is -3.86. The Balaban J connectivity index is 1.92. The molecule has 0 N–H and O–H groups in total. The summed E-state index contributed by atoms with van der Waals surface area (Å²) < 4.78 is 28.8. The Morgan fingerprint density at radius 2 is 1.59 bits per heavy atom. The van der Waals surface area contributed by atoms with E-state index in [4.69, 9.17) is 0 Å². The molecule has 0 amide bonds. The SMILES string of the molecule is Cc1ccc(S(=O)(=O)/N=C2/C=CC(=O)C(Sc3nc(C)cc(C)n3)=C2)cc1. The number of benzene rings is 1. The van der Waals surface area contributed by atoms with Crippen LogP contribution in [0.15, 0.2) is 67.9 Å². The van der Waals surface area contributed by atoms with E-state index in [-0.39, 0.29) is 16.4 Å². The Hall–Kier alpha value is -2.58. The molecule has 0 fully saturated rings. The molecule has 0 radical (unpaired) electrons. The number of ketones is 1. The van der Waals surface area contributed by atoms with Crippen molar-refractivity contribution in [2.24, 2.45) is 4.40 Å². The van der Waals surface area contributed by atoms with E-state index in [1.165, 1.54) is 30.4 Å². The van der Waals surface area contributed by atoms with Gasteiger partial charge in [0, 0.05) is 11.4 Å². The molecule has 0 saturated heterocycles. The zero-order chi connectivity index (χ0) is 19.6. The third-order valence-electron chi connectivity index (χ3n) is 3.63. The topological polar surface area (TPSA) is 89.4 Å². The first kappa shape index (κ1) is 19.2. The largest absolute Gasteiger partial charge is 0.289 e. The van der Waals surface area contributed by atoms with Crippen molar-refractivity contribution >= 4 is 33.3 Å². The third kappa shape index (κ3) is 4.78. The van der Waals surface area contributed by atoms with Crippen LogP contribution in [0.1, 0.15) is 17.0 Å². The summed E-state index contributed by atoms with van der Waals surface area (Å²) in [5, 5.41) is 0.433. The van der Waals surface area contributed by atoms with Crippen LogP contribution in [0.3, 0.4) is 0 Å². The third-order valence-corrected chi connectivity index (χ3v) is 5.86. The quantitative estimate of drug-likeness (QED) is 0.579. The summed E-state index contributed by atoms with van der Waals surface area (Å²) in [6, 6.07) is 8.27. The molecule has 2 aromatic rings. The van der Waals surface area contributed by atoms with Crippen LogP contribution in [-0.2, 0) is 14.8 Å². The van der Waals surface area contributed by atoms with Gasteiger partial charge in [-0.3, -0.25) is 4.79 Å². The van der Waals surface area contributed by atoms with E-state index >= 15 is 0 Å². The fourth-order valence-corrected chi connectivity index (χ4v) is 4.27. The standard InChI is InChI=1S/C19H17N3O3S2/c1-12-4-7-16(8-5-12)27(24,25)22-15-6-9-17(23)18(11-15)26-19-20-13(2)10-14(3)21-19/h4-11H,1-3H3/b22-15-. The van der Waals surface area contributed by atoms with Crippen molar-refractivity contribution in [2.75, 3.05) is 0 Å². The number of sulfonamides is 1. The predicted molar refractivity (Wildman–Crippen MR) is 105 cm³/mol. The molecule has 0 spiro atoms. The van der Waals surface area contributed by atoms with Gasteiger partial charge >= 0.3 is 0 Å². The highest BCUT2D eigenvalue weighted by Gasteiger charge is 2.18. The van der Waals surface area contributed by atoms with E-state index < -0.39 is 10.0 Å². The van der Waals surface area contributed by atoms with Crippen LogP contribution in [0.4, 0.5) is 0 Å². The van der Waals surface area contributed by atoms with Crippen LogP contribution in [0.5, 0.6) is 0 Å². The molecule has 138 valence electrons. The maximum Gasteiger partial charge on any atom is 0.282 e. The molecular formula is C19H17N3O3S2. The first-order valence-electron chi connectivity index (χ1n) is 8.09. The van der Waals surface area contributed by atoms with Gasteiger partial charge in [0.25, 0.3) is 10.0 Å². The lowest BCUT2D eigenvalue weighted by Gasteiger charge is -2.08. The molecule has 1 aromatic carbocycles. The van der Waals surface area contributed by atoms with Crippen LogP contribution in [0, 0.1) is 20.8 Å². The zero-order valence-electron chi connectivity index (χ0n) is 15.0. The molecule has 0 bridgehead atoms. The van der Waals surface area contributed by atoms with Gasteiger partial charge in [-0.1, -0.05) is 17.7 Å². The fraction of sp³-hybridized carbons (Fsp3) is 0.158. The molecule has 1 aromatic heterocycles. The fourth-order valence-electron chi connectivity index (χ4n) is 2.37. The van der Waals surface area contributed by atoms with Gasteiger partial charge in [-0.2, -0.15) is 12.8 Å². The van der Waals surface area contributed by atoms with Crippen LogP contribution in [-0.4, -0.2) is 29.9 Å². The Labute approximate surface area is 162 Å². The van der Waals surface area contributed by atoms with Crippen molar-refractivity contribution in [3.05, 3.63) is 70.4 Å². The van der Waals surface area contributed by atoms with Crippen molar-refractivity contribution in [2.45, 2.75) is 30.8 Å². The van der Waals surface area contributed by atoms with Crippen LogP contribution in [0.25, 0.3) is 0 Å². The summed E-state index contributed by atoms with van der Waals surface area (Å²) in [6.07, 6.45) is 4.13. The van der Waals surface area contributed by atoms with Crippen molar-refractivity contribution in [1.82, 2.24) is 9.97 Å². The highest BCUT2D eigenvalue weighted by molar-refractivity contribution is 8.03. The summed E-state index contributed by atoms with van der Waals surface area (Å²) in [6.45, 7) is 5.56. The average Bonchev–Trinajstić information content (AvgIpc) is 2.57. The minimum absolute atomic E-state index is 0.103. The molecule has 0 saturated carbocycles. The molecule has 8 heteroatoms.